The number of nitrogens with two attached hydrogens (primary N) is 6. The zero-order valence-corrected chi connectivity index (χ0v) is 59.5. The van der Waals surface area contributed by atoms with Crippen LogP contribution in [0.2, 0.25) is 0 Å². The molecule has 30 heteroatoms. The van der Waals surface area contributed by atoms with Crippen LogP contribution in [0.3, 0.4) is 0 Å². The highest BCUT2D eigenvalue weighted by Crippen LogP contribution is 2.21. The molecule has 0 radical (unpaired) electrons. The molecule has 2 rings (SSSR count). The number of para-hydroxylation sites is 1. The van der Waals surface area contributed by atoms with E-state index in [0.717, 1.165) is 10.9 Å². The second-order valence-corrected chi connectivity index (χ2v) is 26.9. The maximum absolute atomic E-state index is 14.7. The molecule has 0 aliphatic carbocycles. The average Bonchev–Trinajstić information content (AvgIpc) is 1.82. The number of rotatable bonds is 46. The Labute approximate surface area is 572 Å². The summed E-state index contributed by atoms with van der Waals surface area (Å²) in [7, 11) is 0. The fraction of sp³-hybridized carbons (Fsp3) is 0.701. The van der Waals surface area contributed by atoms with E-state index in [9.17, 15) is 57.5 Å². The molecule has 0 saturated heterocycles. The van der Waals surface area contributed by atoms with E-state index in [1.54, 1.807) is 68.5 Å². The van der Waals surface area contributed by atoms with Gasteiger partial charge in [-0.25, -0.2) is 0 Å². The highest BCUT2D eigenvalue weighted by Gasteiger charge is 2.39. The molecular formula is C67H118N18O12. The van der Waals surface area contributed by atoms with Gasteiger partial charge in [-0.1, -0.05) is 114 Å². The van der Waals surface area contributed by atoms with Crippen molar-refractivity contribution in [2.24, 2.45) is 69.9 Å². The largest absolute Gasteiger partial charge is 0.368 e. The van der Waals surface area contributed by atoms with Gasteiger partial charge in [0.05, 0.1) is 6.04 Å². The van der Waals surface area contributed by atoms with Crippen LogP contribution < -0.4 is 92.9 Å². The molecule has 97 heavy (non-hydrogen) atoms. The molecule has 0 spiro atoms. The molecule has 24 N–H and O–H groups in total. The van der Waals surface area contributed by atoms with Crippen LogP contribution >= 0.6 is 0 Å². The van der Waals surface area contributed by atoms with Gasteiger partial charge in [-0.3, -0.25) is 57.5 Å². The van der Waals surface area contributed by atoms with Crippen molar-refractivity contribution < 1.29 is 57.5 Å². The summed E-state index contributed by atoms with van der Waals surface area (Å²) in [4.78, 5) is 171. The molecule has 0 aliphatic heterocycles. The molecule has 0 unspecified atom stereocenters. The first-order valence-electron chi connectivity index (χ1n) is 34.5. The number of H-pyrrole nitrogens is 1. The summed E-state index contributed by atoms with van der Waals surface area (Å²) in [6, 6.07) is -7.03. The number of aromatic nitrogens is 1. The van der Waals surface area contributed by atoms with Crippen molar-refractivity contribution in [2.45, 2.75) is 240 Å². The molecule has 12 amide bonds. The molecule has 1 aromatic carbocycles. The Bertz CT molecular complexity index is 2890. The van der Waals surface area contributed by atoms with Crippen molar-refractivity contribution in [3.05, 3.63) is 36.0 Å². The van der Waals surface area contributed by atoms with Gasteiger partial charge in [-0.2, -0.15) is 0 Å². The summed E-state index contributed by atoms with van der Waals surface area (Å²) in [5.41, 5.74) is 36.2. The van der Waals surface area contributed by atoms with Gasteiger partial charge in [0.1, 0.15) is 66.5 Å². The molecule has 548 valence electrons. The Kier molecular flexibility index (Phi) is 38.2. The summed E-state index contributed by atoms with van der Waals surface area (Å²) in [5.74, 6) is -11.2. The average molecular weight is 1370 g/mol. The van der Waals surface area contributed by atoms with Crippen molar-refractivity contribution in [3.8, 4) is 0 Å². The third-order valence-corrected chi connectivity index (χ3v) is 17.3. The van der Waals surface area contributed by atoms with Crippen LogP contribution in [0.4, 0.5) is 0 Å². The summed E-state index contributed by atoms with van der Waals surface area (Å²) in [6.07, 6.45) is 4.26. The third-order valence-electron chi connectivity index (χ3n) is 17.3. The maximum Gasteiger partial charge on any atom is 0.243 e. The van der Waals surface area contributed by atoms with Crippen molar-refractivity contribution >= 4 is 81.8 Å². The number of hydrogen-bond acceptors (Lipinski definition) is 17. The maximum atomic E-state index is 14.7. The quantitative estimate of drug-likeness (QED) is 0.0376. The number of carbonyl (C=O) groups is 12. The van der Waals surface area contributed by atoms with Gasteiger partial charge >= 0.3 is 0 Å². The molecule has 0 fully saturated rings. The molecule has 0 bridgehead atoms. The van der Waals surface area contributed by atoms with E-state index in [1.165, 1.54) is 6.92 Å². The Morgan fingerprint density at radius 1 is 0.402 bits per heavy atom. The number of hydrogen-bond donors (Lipinski definition) is 18. The number of carbonyl (C=O) groups excluding carboxylic acids is 12. The summed E-state index contributed by atoms with van der Waals surface area (Å²) in [5, 5.41) is 30.8. The van der Waals surface area contributed by atoms with Crippen LogP contribution in [0.5, 0.6) is 0 Å². The minimum Gasteiger partial charge on any atom is -0.368 e. The minimum absolute atomic E-state index is 0.000649. The van der Waals surface area contributed by atoms with Crippen molar-refractivity contribution in [1.29, 1.82) is 0 Å². The van der Waals surface area contributed by atoms with Gasteiger partial charge in [-0.15, -0.1) is 0 Å². The van der Waals surface area contributed by atoms with E-state index in [-0.39, 0.29) is 83.0 Å². The second-order valence-electron chi connectivity index (χ2n) is 26.9. The number of nitrogens with one attached hydrogen (secondary N) is 12. The Balaban J connectivity index is 2.40. The lowest BCUT2D eigenvalue weighted by atomic mass is 9.95. The Hall–Kier alpha value is -7.80. The van der Waals surface area contributed by atoms with Crippen molar-refractivity contribution in [2.75, 3.05) is 26.2 Å². The number of benzene rings is 1. The SMILES string of the molecule is CC[C@H](C)[C@H](NC(=O)[C@H](CCCN)NC(=O)[C@@H](NC(=O)[C@H](C)NC(=O)[C@@H](NC(=O)[C@@H](NC(=O)[C@H](CC(C)C)NC(=O)[C@H](CCCN)NC(=O)[C@@H](N)C(C)C)[C@@H](C)CC)C(C)C)C(C)C)C(=O)N[C@@H](Cc1c[nH]c2ccccc12)C(=O)N[C@@H](CCCN)C(=O)N[C@@H](CCCN)C(N)=O. The fourth-order valence-corrected chi connectivity index (χ4v) is 10.6. The van der Waals surface area contributed by atoms with Crippen LogP contribution in [0, 0.1) is 35.5 Å². The first-order valence-corrected chi connectivity index (χ1v) is 34.5. The zero-order chi connectivity index (χ0) is 73.4. The molecule has 0 saturated carbocycles. The normalized spacial score (nSPS) is 15.9. The van der Waals surface area contributed by atoms with Gasteiger partial charge in [0.2, 0.25) is 70.9 Å². The van der Waals surface area contributed by atoms with Gasteiger partial charge in [-0.05, 0) is 138 Å². The summed E-state index contributed by atoms with van der Waals surface area (Å²) in [6.45, 7) is 23.1. The smallest absolute Gasteiger partial charge is 0.243 e. The van der Waals surface area contributed by atoms with Gasteiger partial charge in [0.25, 0.3) is 0 Å². The number of amides is 12. The standard InChI is InChI=1S/C67H118N18O12/c1-14-39(11)54(66(96)81-50(33-42-34-74-44-23-17-16-22-43(42)44)61(91)77-46(25-19-29-69)58(88)76-45(56(73)86)24-18-28-68)84-60(90)48(27-21-31-71)79-65(95)53(38(9)10)82-57(87)41(13)75-64(94)52(37(7)8)83-67(97)55(40(12)15-2)85-62(92)49(32-35(3)4)80-59(89)47(26-20-30-70)78-63(93)51(72)36(5)6/h16-17,22-23,34-41,45-55,74H,14-15,18-21,24-33,68-72H2,1-13H3,(H2,73,86)(H,75,94)(H,76,88)(H,77,91)(H,78,93)(H,79,95)(H,80,89)(H,81,96)(H,82,87)(H,83,97)(H,84,90)(H,85,92)/t39-,40-,41-,45-,46-,47-,48-,49-,50-,51-,52-,53-,54-,55-/m0/s1. The Morgan fingerprint density at radius 3 is 1.20 bits per heavy atom. The number of aromatic amines is 1. The molecule has 0 aliphatic rings. The predicted molar refractivity (Wildman–Crippen MR) is 372 cm³/mol. The molecule has 14 atom stereocenters. The zero-order valence-electron chi connectivity index (χ0n) is 59.5. The van der Waals surface area contributed by atoms with Crippen LogP contribution in [-0.4, -0.2) is 175 Å². The van der Waals surface area contributed by atoms with Gasteiger partial charge < -0.3 is 97.9 Å². The highest BCUT2D eigenvalue weighted by molar-refractivity contribution is 6.00. The molecule has 2 aromatic rings. The second kappa shape index (κ2) is 43.5. The summed E-state index contributed by atoms with van der Waals surface area (Å²) < 4.78 is 0. The predicted octanol–water partition coefficient (Wildman–Crippen LogP) is -1.06. The molecule has 30 nitrogen and oxygen atoms in total. The molecule has 1 heterocycles. The summed E-state index contributed by atoms with van der Waals surface area (Å²) >= 11 is 0. The topological polar surface area (TPSA) is 509 Å². The lowest BCUT2D eigenvalue weighted by Crippen LogP contribution is -2.62. The highest BCUT2D eigenvalue weighted by atomic mass is 16.2. The van der Waals surface area contributed by atoms with E-state index in [1.807, 2.05) is 45.0 Å². The van der Waals surface area contributed by atoms with Crippen LogP contribution in [0.15, 0.2) is 30.5 Å². The first kappa shape index (κ1) is 85.3. The van der Waals surface area contributed by atoms with E-state index in [2.05, 4.69) is 63.5 Å². The van der Waals surface area contributed by atoms with Crippen LogP contribution in [-0.2, 0) is 64.0 Å². The molecular weight excluding hydrogens is 1250 g/mol. The van der Waals surface area contributed by atoms with Crippen molar-refractivity contribution in [1.82, 2.24) is 63.5 Å². The monoisotopic (exact) mass is 1370 g/mol. The van der Waals surface area contributed by atoms with E-state index in [4.69, 9.17) is 34.4 Å². The van der Waals surface area contributed by atoms with Crippen LogP contribution in [0.25, 0.3) is 10.9 Å². The lowest BCUT2D eigenvalue weighted by molar-refractivity contribution is -0.137. The third kappa shape index (κ3) is 28.3. The van der Waals surface area contributed by atoms with Gasteiger partial charge in [0, 0.05) is 23.5 Å². The van der Waals surface area contributed by atoms with E-state index < -0.39 is 167 Å². The Morgan fingerprint density at radius 2 is 0.753 bits per heavy atom. The number of primary amides is 1. The van der Waals surface area contributed by atoms with E-state index in [0.29, 0.717) is 37.7 Å². The number of fused-ring (bicyclic) bond motifs is 1. The van der Waals surface area contributed by atoms with Crippen LogP contribution in [0.1, 0.15) is 166 Å². The molecule has 1 aromatic heterocycles. The fourth-order valence-electron chi connectivity index (χ4n) is 10.6. The van der Waals surface area contributed by atoms with Gasteiger partial charge in [0.15, 0.2) is 0 Å². The first-order chi connectivity index (χ1) is 45.7. The van der Waals surface area contributed by atoms with Crippen molar-refractivity contribution in [3.63, 3.8) is 0 Å². The minimum atomic E-state index is -1.35. The van der Waals surface area contributed by atoms with E-state index >= 15 is 0 Å². The lowest BCUT2D eigenvalue weighted by Gasteiger charge is -2.31.